The Labute approximate surface area is 156 Å². The van der Waals surface area contributed by atoms with Gasteiger partial charge in [0.2, 0.25) is 5.91 Å². The number of thiophene rings is 1. The number of carbonyl (C=O) groups is 1. The molecule has 4 nitrogen and oxygen atoms in total. The molecule has 0 aliphatic rings. The van der Waals surface area contributed by atoms with Crippen LogP contribution in [0.15, 0.2) is 35.7 Å². The van der Waals surface area contributed by atoms with E-state index in [4.69, 9.17) is 4.74 Å². The van der Waals surface area contributed by atoms with Crippen molar-refractivity contribution in [2.75, 3.05) is 26.0 Å². The summed E-state index contributed by atoms with van der Waals surface area (Å²) in [6.45, 7) is 2.73. The zero-order valence-corrected chi connectivity index (χ0v) is 16.0. The zero-order chi connectivity index (χ0) is 18.1. The summed E-state index contributed by atoms with van der Waals surface area (Å²) in [5.74, 6) is 1.61. The third-order valence-electron chi connectivity index (χ3n) is 3.64. The van der Waals surface area contributed by atoms with Gasteiger partial charge in [-0.3, -0.25) is 4.79 Å². The number of hydrogen-bond donors (Lipinski definition) is 2. The number of thioether (sulfide) groups is 1. The number of methoxy groups -OCH3 is 1. The lowest BCUT2D eigenvalue weighted by atomic mass is 10.1. The summed E-state index contributed by atoms with van der Waals surface area (Å²) in [6, 6.07) is 8.84. The van der Waals surface area contributed by atoms with Gasteiger partial charge in [-0.05, 0) is 36.1 Å². The molecule has 1 amide bonds. The highest BCUT2D eigenvalue weighted by atomic mass is 32.2. The van der Waals surface area contributed by atoms with Crippen molar-refractivity contribution in [3.05, 3.63) is 52.0 Å². The van der Waals surface area contributed by atoms with Crippen LogP contribution in [-0.4, -0.2) is 31.9 Å². The smallest absolute Gasteiger partial charge is 0.234 e. The van der Waals surface area contributed by atoms with Crippen molar-refractivity contribution in [1.29, 1.82) is 0 Å². The largest absolute Gasteiger partial charge is 0.494 e. The Bertz CT molecular complexity index is 665. The lowest BCUT2D eigenvalue weighted by Crippen LogP contribution is -2.36. The Balaban J connectivity index is 1.63. The number of nitrogens with one attached hydrogen (secondary N) is 2. The monoisotopic (exact) mass is 382 g/mol. The normalized spacial score (nSPS) is 12.0. The molecule has 1 aromatic carbocycles. The highest BCUT2D eigenvalue weighted by molar-refractivity contribution is 7.98. The van der Waals surface area contributed by atoms with E-state index in [2.05, 4.69) is 22.1 Å². The van der Waals surface area contributed by atoms with Gasteiger partial charge in [-0.2, -0.15) is 11.8 Å². The fraction of sp³-hybridized carbons (Fsp3) is 0.389. The molecular weight excluding hydrogens is 359 g/mol. The van der Waals surface area contributed by atoms with Gasteiger partial charge in [0.05, 0.1) is 13.7 Å². The van der Waals surface area contributed by atoms with E-state index in [1.807, 2.05) is 13.0 Å². The van der Waals surface area contributed by atoms with Crippen LogP contribution in [0.3, 0.4) is 0 Å². The third-order valence-corrected chi connectivity index (χ3v) is 5.70. The first-order valence-electron chi connectivity index (χ1n) is 8.03. The fourth-order valence-electron chi connectivity index (χ4n) is 2.21. The molecule has 0 radical (unpaired) electrons. The van der Waals surface area contributed by atoms with Crippen LogP contribution in [0.25, 0.3) is 0 Å². The average molecular weight is 383 g/mol. The molecule has 2 aromatic rings. The van der Waals surface area contributed by atoms with Gasteiger partial charge in [-0.25, -0.2) is 4.39 Å². The number of halogens is 1. The molecule has 2 N–H and O–H groups in total. The van der Waals surface area contributed by atoms with Gasteiger partial charge in [0.25, 0.3) is 0 Å². The molecule has 1 heterocycles. The van der Waals surface area contributed by atoms with Gasteiger partial charge in [0.15, 0.2) is 11.6 Å². The summed E-state index contributed by atoms with van der Waals surface area (Å²) in [7, 11) is 1.43. The second-order valence-electron chi connectivity index (χ2n) is 5.48. The van der Waals surface area contributed by atoms with Crippen LogP contribution < -0.4 is 15.4 Å². The number of rotatable bonds is 10. The molecule has 136 valence electrons. The van der Waals surface area contributed by atoms with Crippen molar-refractivity contribution in [1.82, 2.24) is 10.6 Å². The number of amides is 1. The zero-order valence-electron chi connectivity index (χ0n) is 14.4. The molecule has 7 heteroatoms. The van der Waals surface area contributed by atoms with Crippen LogP contribution in [0.4, 0.5) is 4.39 Å². The van der Waals surface area contributed by atoms with Crippen LogP contribution in [0.2, 0.25) is 0 Å². The number of hydrogen-bond acceptors (Lipinski definition) is 5. The van der Waals surface area contributed by atoms with Gasteiger partial charge in [-0.15, -0.1) is 11.3 Å². The number of benzene rings is 1. The number of carbonyl (C=O) groups excluding carboxylic acids is 1. The molecule has 0 saturated carbocycles. The summed E-state index contributed by atoms with van der Waals surface area (Å²) in [5, 5.41) is 8.06. The summed E-state index contributed by atoms with van der Waals surface area (Å²) in [6.07, 6.45) is 0. The maximum Gasteiger partial charge on any atom is 0.234 e. The maximum absolute atomic E-state index is 13.7. The molecule has 2 rings (SSSR count). The predicted octanol–water partition coefficient (Wildman–Crippen LogP) is 3.60. The average Bonchev–Trinajstić information content (AvgIpc) is 3.12. The summed E-state index contributed by atoms with van der Waals surface area (Å²) in [5.41, 5.74) is 0.776. The summed E-state index contributed by atoms with van der Waals surface area (Å²) >= 11 is 3.55. The Hall–Kier alpha value is -1.57. The van der Waals surface area contributed by atoms with E-state index < -0.39 is 5.82 Å². The van der Waals surface area contributed by atoms with Crippen molar-refractivity contribution in [3.8, 4) is 5.75 Å². The molecule has 25 heavy (non-hydrogen) atoms. The van der Waals surface area contributed by atoms with E-state index in [0.717, 1.165) is 17.1 Å². The van der Waals surface area contributed by atoms with Gasteiger partial charge in [0, 0.05) is 29.0 Å². The van der Waals surface area contributed by atoms with Crippen molar-refractivity contribution in [3.63, 3.8) is 0 Å². The molecule has 0 unspecified atom stereocenters. The van der Waals surface area contributed by atoms with Gasteiger partial charge in [-0.1, -0.05) is 12.1 Å². The third kappa shape index (κ3) is 6.68. The Morgan fingerprint density at radius 3 is 2.92 bits per heavy atom. The molecule has 1 atom stereocenters. The standard InChI is InChI=1S/C18H23FN2O2S2/c1-13(14-5-6-17(23-2)16(19)10-14)21-11-18(22)20-7-9-24-12-15-4-3-8-25-15/h3-6,8,10,13,21H,7,9,11-12H2,1-2H3,(H,20,22)/t13-/m0/s1. The molecule has 1 aromatic heterocycles. The van der Waals surface area contributed by atoms with E-state index in [1.165, 1.54) is 18.1 Å². The van der Waals surface area contributed by atoms with Crippen LogP contribution in [0, 0.1) is 5.82 Å². The minimum absolute atomic E-state index is 0.0578. The summed E-state index contributed by atoms with van der Waals surface area (Å²) in [4.78, 5) is 13.2. The highest BCUT2D eigenvalue weighted by Crippen LogP contribution is 2.21. The van der Waals surface area contributed by atoms with Crippen LogP contribution >= 0.6 is 23.1 Å². The second kappa shape index (κ2) is 10.4. The van der Waals surface area contributed by atoms with Crippen molar-refractivity contribution >= 4 is 29.0 Å². The van der Waals surface area contributed by atoms with E-state index in [0.29, 0.717) is 6.54 Å². The molecule has 0 aliphatic carbocycles. The van der Waals surface area contributed by atoms with E-state index in [-0.39, 0.29) is 24.2 Å². The van der Waals surface area contributed by atoms with Crippen molar-refractivity contribution in [2.45, 2.75) is 18.7 Å². The lowest BCUT2D eigenvalue weighted by Gasteiger charge is -2.15. The topological polar surface area (TPSA) is 50.4 Å². The van der Waals surface area contributed by atoms with Crippen LogP contribution in [0.1, 0.15) is 23.4 Å². The SMILES string of the molecule is COc1ccc([C@H](C)NCC(=O)NCCSCc2cccs2)cc1F. The van der Waals surface area contributed by atoms with E-state index >= 15 is 0 Å². The first kappa shape index (κ1) is 19.8. The fourth-order valence-corrected chi connectivity index (χ4v) is 3.91. The van der Waals surface area contributed by atoms with Crippen molar-refractivity contribution < 1.29 is 13.9 Å². The first-order valence-corrected chi connectivity index (χ1v) is 10.1. The van der Waals surface area contributed by atoms with Crippen molar-refractivity contribution in [2.24, 2.45) is 0 Å². The Morgan fingerprint density at radius 1 is 1.40 bits per heavy atom. The molecule has 0 fully saturated rings. The lowest BCUT2D eigenvalue weighted by molar-refractivity contribution is -0.120. The van der Waals surface area contributed by atoms with Gasteiger partial charge in [0.1, 0.15) is 0 Å². The van der Waals surface area contributed by atoms with Gasteiger partial charge < -0.3 is 15.4 Å². The van der Waals surface area contributed by atoms with Crippen LogP contribution in [0.5, 0.6) is 5.75 Å². The van der Waals surface area contributed by atoms with Gasteiger partial charge >= 0.3 is 0 Å². The Morgan fingerprint density at radius 2 is 2.24 bits per heavy atom. The molecule has 0 bridgehead atoms. The summed E-state index contributed by atoms with van der Waals surface area (Å²) < 4.78 is 18.6. The second-order valence-corrected chi connectivity index (χ2v) is 7.62. The highest BCUT2D eigenvalue weighted by Gasteiger charge is 2.10. The maximum atomic E-state index is 13.7. The quantitative estimate of drug-likeness (QED) is 0.617. The van der Waals surface area contributed by atoms with Crippen LogP contribution in [-0.2, 0) is 10.5 Å². The first-order chi connectivity index (χ1) is 12.1. The Kier molecular flexibility index (Phi) is 8.24. The molecule has 0 saturated heterocycles. The number of ether oxygens (including phenoxy) is 1. The molecule has 0 aliphatic heterocycles. The minimum atomic E-state index is -0.402. The van der Waals surface area contributed by atoms with E-state index in [9.17, 15) is 9.18 Å². The van der Waals surface area contributed by atoms with E-state index in [1.54, 1.807) is 35.2 Å². The minimum Gasteiger partial charge on any atom is -0.494 e. The predicted molar refractivity (Wildman–Crippen MR) is 103 cm³/mol. The molecule has 0 spiro atoms. The molecular formula is C18H23FN2O2S2.